The highest BCUT2D eigenvalue weighted by molar-refractivity contribution is 7.98. The summed E-state index contributed by atoms with van der Waals surface area (Å²) in [6.07, 6.45) is 1.69. The van der Waals surface area contributed by atoms with Gasteiger partial charge in [-0.15, -0.1) is 11.8 Å². The molecule has 0 saturated carbocycles. The van der Waals surface area contributed by atoms with Crippen molar-refractivity contribution < 1.29 is 13.9 Å². The largest absolute Gasteiger partial charge is 0.378 e. The van der Waals surface area contributed by atoms with Gasteiger partial charge in [-0.25, -0.2) is 9.37 Å². The first-order valence-electron chi connectivity index (χ1n) is 10.6. The lowest BCUT2D eigenvalue weighted by atomic mass is 10.1. The topological polar surface area (TPSA) is 45.7 Å². The van der Waals surface area contributed by atoms with Gasteiger partial charge >= 0.3 is 0 Å². The molecule has 1 aliphatic heterocycles. The van der Waals surface area contributed by atoms with Crippen LogP contribution in [0.25, 0.3) is 0 Å². The van der Waals surface area contributed by atoms with Crippen molar-refractivity contribution in [2.45, 2.75) is 17.3 Å². The van der Waals surface area contributed by atoms with Gasteiger partial charge in [0.1, 0.15) is 10.8 Å². The van der Waals surface area contributed by atoms with Crippen molar-refractivity contribution in [3.8, 4) is 0 Å². The third kappa shape index (κ3) is 5.66. The van der Waals surface area contributed by atoms with Crippen molar-refractivity contribution in [3.63, 3.8) is 0 Å². The van der Waals surface area contributed by atoms with Gasteiger partial charge in [0.25, 0.3) is 5.91 Å². The predicted octanol–water partition coefficient (Wildman–Crippen LogP) is 4.62. The summed E-state index contributed by atoms with van der Waals surface area (Å²) in [6.45, 7) is 3.82. The lowest BCUT2D eigenvalue weighted by Gasteiger charge is -2.29. The molecule has 1 aliphatic rings. The third-order valence-electron chi connectivity index (χ3n) is 5.37. The van der Waals surface area contributed by atoms with Crippen LogP contribution in [0.15, 0.2) is 71.9 Å². The average molecular weight is 452 g/mol. The number of carbonyl (C=O) groups excluding carboxylic acids is 1. The van der Waals surface area contributed by atoms with Gasteiger partial charge in [0.15, 0.2) is 0 Å². The number of morpholine rings is 1. The highest BCUT2D eigenvalue weighted by Gasteiger charge is 2.18. The molecule has 0 aliphatic carbocycles. The minimum Gasteiger partial charge on any atom is -0.378 e. The number of hydrogen-bond donors (Lipinski definition) is 0. The van der Waals surface area contributed by atoms with Crippen LogP contribution in [0.1, 0.15) is 21.5 Å². The Bertz CT molecular complexity index is 1040. The van der Waals surface area contributed by atoms with Crippen molar-refractivity contribution in [3.05, 3.63) is 89.4 Å². The quantitative estimate of drug-likeness (QED) is 0.491. The lowest BCUT2D eigenvalue weighted by molar-refractivity contribution is 0.0781. The maximum Gasteiger partial charge on any atom is 0.256 e. The van der Waals surface area contributed by atoms with Crippen molar-refractivity contribution in [1.29, 1.82) is 0 Å². The van der Waals surface area contributed by atoms with E-state index in [0.29, 0.717) is 22.9 Å². The first-order valence-corrected chi connectivity index (χ1v) is 11.6. The van der Waals surface area contributed by atoms with E-state index >= 15 is 0 Å². The van der Waals surface area contributed by atoms with E-state index in [2.05, 4.69) is 34.1 Å². The number of aromatic nitrogens is 1. The zero-order valence-corrected chi connectivity index (χ0v) is 18.9. The number of pyridine rings is 1. The monoisotopic (exact) mass is 451 g/mol. The molecule has 0 unspecified atom stereocenters. The number of anilines is 1. The first kappa shape index (κ1) is 22.3. The van der Waals surface area contributed by atoms with E-state index < -0.39 is 0 Å². The van der Waals surface area contributed by atoms with Crippen LogP contribution in [-0.4, -0.2) is 49.1 Å². The highest BCUT2D eigenvalue weighted by Crippen LogP contribution is 2.26. The molecule has 3 aromatic rings. The second-order valence-electron chi connectivity index (χ2n) is 7.70. The molecule has 32 heavy (non-hydrogen) atoms. The summed E-state index contributed by atoms with van der Waals surface area (Å²) < 4.78 is 18.5. The van der Waals surface area contributed by atoms with E-state index in [-0.39, 0.29) is 11.7 Å². The van der Waals surface area contributed by atoms with E-state index in [9.17, 15) is 9.18 Å². The standard InChI is InChI=1S/C25H26FN3O2S/c1-28(17-19-6-10-22(11-7-19)29-13-15-31-16-14-29)25(30)23-3-2-12-27-24(23)32-18-20-4-8-21(26)9-5-20/h2-12H,13-18H2,1H3. The summed E-state index contributed by atoms with van der Waals surface area (Å²) in [5.74, 6) is 0.286. The molecule has 1 amide bonds. The Morgan fingerprint density at radius 1 is 1.06 bits per heavy atom. The maximum atomic E-state index is 13.1. The highest BCUT2D eigenvalue weighted by atomic mass is 32.2. The van der Waals surface area contributed by atoms with Crippen LogP contribution in [0.4, 0.5) is 10.1 Å². The van der Waals surface area contributed by atoms with Gasteiger partial charge < -0.3 is 14.5 Å². The van der Waals surface area contributed by atoms with Crippen LogP contribution in [0.2, 0.25) is 0 Å². The third-order valence-corrected chi connectivity index (χ3v) is 6.45. The molecule has 5 nitrogen and oxygen atoms in total. The minimum atomic E-state index is -0.257. The fourth-order valence-corrected chi connectivity index (χ4v) is 4.53. The number of hydrogen-bond acceptors (Lipinski definition) is 5. The van der Waals surface area contributed by atoms with E-state index in [1.807, 2.05) is 0 Å². The molecule has 0 spiro atoms. The zero-order chi connectivity index (χ0) is 22.3. The summed E-state index contributed by atoms with van der Waals surface area (Å²) in [7, 11) is 1.81. The first-order chi connectivity index (χ1) is 15.6. The molecule has 0 radical (unpaired) electrons. The molecule has 0 N–H and O–H groups in total. The van der Waals surface area contributed by atoms with Gasteiger partial charge in [0.2, 0.25) is 0 Å². The van der Waals surface area contributed by atoms with Gasteiger partial charge in [0.05, 0.1) is 18.8 Å². The Kier molecular flexibility index (Phi) is 7.39. The number of ether oxygens (including phenoxy) is 1. The predicted molar refractivity (Wildman–Crippen MR) is 125 cm³/mol. The number of thioether (sulfide) groups is 1. The van der Waals surface area contributed by atoms with Crippen LogP contribution < -0.4 is 4.90 Å². The molecular weight excluding hydrogens is 425 g/mol. The van der Waals surface area contributed by atoms with Gasteiger partial charge in [0, 0.05) is 44.3 Å². The van der Waals surface area contributed by atoms with Crippen LogP contribution in [0.3, 0.4) is 0 Å². The molecule has 1 saturated heterocycles. The molecule has 2 aromatic carbocycles. The molecule has 0 atom stereocenters. The van der Waals surface area contributed by atoms with Gasteiger partial charge in [-0.1, -0.05) is 24.3 Å². The van der Waals surface area contributed by atoms with Gasteiger partial charge in [-0.05, 0) is 47.5 Å². The fraction of sp³-hybridized carbons (Fsp3) is 0.280. The molecule has 4 rings (SSSR count). The summed E-state index contributed by atoms with van der Waals surface area (Å²) in [5, 5.41) is 0.677. The summed E-state index contributed by atoms with van der Waals surface area (Å²) >= 11 is 1.48. The number of halogens is 1. The molecule has 0 bridgehead atoms. The van der Waals surface area contributed by atoms with Crippen molar-refractivity contribution in [2.24, 2.45) is 0 Å². The van der Waals surface area contributed by atoms with E-state index in [1.54, 1.807) is 42.4 Å². The van der Waals surface area contributed by atoms with Crippen LogP contribution >= 0.6 is 11.8 Å². The SMILES string of the molecule is CN(Cc1ccc(N2CCOCC2)cc1)C(=O)c1cccnc1SCc1ccc(F)cc1. The minimum absolute atomic E-state index is 0.0723. The number of nitrogens with zero attached hydrogens (tertiary/aromatic N) is 3. The van der Waals surface area contributed by atoms with Crippen LogP contribution in [0, 0.1) is 5.82 Å². The molecule has 1 aromatic heterocycles. The number of rotatable bonds is 7. The Morgan fingerprint density at radius 2 is 1.75 bits per heavy atom. The van der Waals surface area contributed by atoms with Crippen molar-refractivity contribution >= 4 is 23.4 Å². The average Bonchev–Trinajstić information content (AvgIpc) is 2.84. The van der Waals surface area contributed by atoms with E-state index in [1.165, 1.54) is 29.6 Å². The number of amides is 1. The second kappa shape index (κ2) is 10.6. The number of benzene rings is 2. The van der Waals surface area contributed by atoms with Crippen molar-refractivity contribution in [2.75, 3.05) is 38.3 Å². The lowest BCUT2D eigenvalue weighted by Crippen LogP contribution is -2.36. The summed E-state index contributed by atoms with van der Waals surface area (Å²) in [4.78, 5) is 21.6. The van der Waals surface area contributed by atoms with Crippen molar-refractivity contribution in [1.82, 2.24) is 9.88 Å². The van der Waals surface area contributed by atoms with Crippen LogP contribution in [-0.2, 0) is 17.0 Å². The van der Waals surface area contributed by atoms with E-state index in [4.69, 9.17) is 4.74 Å². The van der Waals surface area contributed by atoms with Crippen LogP contribution in [0.5, 0.6) is 0 Å². The molecular formula is C25H26FN3O2S. The molecule has 2 heterocycles. The Morgan fingerprint density at radius 3 is 2.47 bits per heavy atom. The Balaban J connectivity index is 1.39. The van der Waals surface area contributed by atoms with E-state index in [0.717, 1.165) is 37.4 Å². The van der Waals surface area contributed by atoms with Gasteiger partial charge in [-0.3, -0.25) is 4.79 Å². The molecule has 1 fully saturated rings. The molecule has 7 heteroatoms. The second-order valence-corrected chi connectivity index (χ2v) is 8.66. The molecule has 166 valence electrons. The fourth-order valence-electron chi connectivity index (χ4n) is 3.59. The summed E-state index contributed by atoms with van der Waals surface area (Å²) in [5.41, 5.74) is 3.81. The number of carbonyl (C=O) groups is 1. The Labute approximate surface area is 192 Å². The smallest absolute Gasteiger partial charge is 0.256 e. The maximum absolute atomic E-state index is 13.1. The van der Waals surface area contributed by atoms with Gasteiger partial charge in [-0.2, -0.15) is 0 Å². The Hall–Kier alpha value is -2.90. The zero-order valence-electron chi connectivity index (χ0n) is 18.0. The summed E-state index contributed by atoms with van der Waals surface area (Å²) in [6, 6.07) is 18.3. The normalized spacial score (nSPS) is 13.8.